The van der Waals surface area contributed by atoms with Gasteiger partial charge < -0.3 is 20.3 Å². The van der Waals surface area contributed by atoms with Crippen LogP contribution < -0.4 is 15.4 Å². The van der Waals surface area contributed by atoms with Crippen LogP contribution in [0.4, 0.5) is 11.4 Å². The average molecular weight is 277 g/mol. The molecule has 0 fully saturated rings. The van der Waals surface area contributed by atoms with Crippen LogP contribution in [0.2, 0.25) is 0 Å². The lowest BCUT2D eigenvalue weighted by molar-refractivity contribution is -0.119. The minimum atomic E-state index is 0.111. The molecule has 110 valence electrons. The van der Waals surface area contributed by atoms with Crippen molar-refractivity contribution in [1.29, 1.82) is 0 Å². The summed E-state index contributed by atoms with van der Waals surface area (Å²) in [6, 6.07) is 3.84. The third kappa shape index (κ3) is 3.04. The third-order valence-electron chi connectivity index (χ3n) is 3.38. The minimum absolute atomic E-state index is 0.111. The van der Waals surface area contributed by atoms with Gasteiger partial charge in [0.25, 0.3) is 0 Å². The number of likely N-dealkylation sites (N-methyl/N-ethyl adjacent to an activating group) is 1. The monoisotopic (exact) mass is 277 g/mol. The van der Waals surface area contributed by atoms with Gasteiger partial charge in [0.2, 0.25) is 5.91 Å². The van der Waals surface area contributed by atoms with Crippen molar-refractivity contribution in [3.63, 3.8) is 0 Å². The summed E-state index contributed by atoms with van der Waals surface area (Å²) < 4.78 is 5.53. The topological polar surface area (TPSA) is 58.8 Å². The molecule has 0 radical (unpaired) electrons. The number of carbonyl (C=O) groups excluding carboxylic acids is 1. The standard InChI is InChI=1S/C15H23N3O2/c1-4-20-14-8-11-6-5-7-18(13(11)9-12(14)16)15(19)10-17(2)3/h8-9H,4-7,10,16H2,1-3H3. The van der Waals surface area contributed by atoms with Gasteiger partial charge in [0.05, 0.1) is 18.8 Å². The molecule has 0 unspecified atom stereocenters. The van der Waals surface area contributed by atoms with E-state index in [1.54, 1.807) is 0 Å². The van der Waals surface area contributed by atoms with Crippen molar-refractivity contribution in [1.82, 2.24) is 4.90 Å². The lowest BCUT2D eigenvalue weighted by Gasteiger charge is -2.31. The second-order valence-electron chi connectivity index (χ2n) is 5.34. The summed E-state index contributed by atoms with van der Waals surface area (Å²) in [5, 5.41) is 0. The van der Waals surface area contributed by atoms with E-state index in [1.165, 1.54) is 0 Å². The van der Waals surface area contributed by atoms with Crippen LogP contribution in [0, 0.1) is 0 Å². The largest absolute Gasteiger partial charge is 0.492 e. The van der Waals surface area contributed by atoms with Gasteiger partial charge in [0.15, 0.2) is 0 Å². The number of benzene rings is 1. The number of anilines is 2. The highest BCUT2D eigenvalue weighted by Crippen LogP contribution is 2.35. The Kier molecular flexibility index (Phi) is 4.49. The lowest BCUT2D eigenvalue weighted by Crippen LogP contribution is -2.40. The lowest BCUT2D eigenvalue weighted by atomic mass is 10.0. The van der Waals surface area contributed by atoms with Gasteiger partial charge in [-0.2, -0.15) is 0 Å². The molecule has 1 aliphatic heterocycles. The fourth-order valence-corrected chi connectivity index (χ4v) is 2.52. The zero-order valence-corrected chi connectivity index (χ0v) is 12.5. The molecule has 5 nitrogen and oxygen atoms in total. The van der Waals surface area contributed by atoms with E-state index in [4.69, 9.17) is 10.5 Å². The number of hydrogen-bond acceptors (Lipinski definition) is 4. The highest BCUT2D eigenvalue weighted by atomic mass is 16.5. The molecule has 0 bridgehead atoms. The van der Waals surface area contributed by atoms with E-state index in [0.29, 0.717) is 24.6 Å². The molecule has 0 atom stereocenters. The summed E-state index contributed by atoms with van der Waals surface area (Å²) in [7, 11) is 3.80. The number of ether oxygens (including phenoxy) is 1. The van der Waals surface area contributed by atoms with Crippen molar-refractivity contribution in [2.75, 3.05) is 44.4 Å². The number of amides is 1. The molecular formula is C15H23N3O2. The molecule has 1 aromatic carbocycles. The second kappa shape index (κ2) is 6.13. The van der Waals surface area contributed by atoms with Gasteiger partial charge >= 0.3 is 0 Å². The van der Waals surface area contributed by atoms with Crippen LogP contribution in [0.5, 0.6) is 5.75 Å². The SMILES string of the molecule is CCOc1cc2c(cc1N)N(C(=O)CN(C)C)CCC2. The Hall–Kier alpha value is -1.75. The van der Waals surface area contributed by atoms with Gasteiger partial charge in [0, 0.05) is 12.2 Å². The first-order chi connectivity index (χ1) is 9.52. The number of nitrogens with two attached hydrogens (primary N) is 1. The van der Waals surface area contributed by atoms with Crippen molar-refractivity contribution in [3.05, 3.63) is 17.7 Å². The van der Waals surface area contributed by atoms with Crippen LogP contribution in [0.1, 0.15) is 18.9 Å². The average Bonchev–Trinajstić information content (AvgIpc) is 2.38. The quantitative estimate of drug-likeness (QED) is 0.848. The fourth-order valence-electron chi connectivity index (χ4n) is 2.52. The Morgan fingerprint density at radius 2 is 2.20 bits per heavy atom. The van der Waals surface area contributed by atoms with E-state index in [-0.39, 0.29) is 5.91 Å². The number of rotatable bonds is 4. The third-order valence-corrected chi connectivity index (χ3v) is 3.38. The van der Waals surface area contributed by atoms with Crippen LogP contribution in [0.15, 0.2) is 12.1 Å². The van der Waals surface area contributed by atoms with E-state index in [1.807, 2.05) is 43.0 Å². The van der Waals surface area contributed by atoms with E-state index in [9.17, 15) is 4.79 Å². The summed E-state index contributed by atoms with van der Waals surface area (Å²) in [5.74, 6) is 0.827. The number of hydrogen-bond donors (Lipinski definition) is 1. The van der Waals surface area contributed by atoms with Gasteiger partial charge in [-0.25, -0.2) is 0 Å². The van der Waals surface area contributed by atoms with Crippen molar-refractivity contribution in [2.24, 2.45) is 0 Å². The zero-order chi connectivity index (χ0) is 14.7. The maximum atomic E-state index is 12.3. The van der Waals surface area contributed by atoms with Gasteiger partial charge in [-0.15, -0.1) is 0 Å². The van der Waals surface area contributed by atoms with Crippen molar-refractivity contribution < 1.29 is 9.53 Å². The first kappa shape index (κ1) is 14.7. The summed E-state index contributed by atoms with van der Waals surface area (Å²) in [6.07, 6.45) is 1.93. The molecule has 2 rings (SSSR count). The molecular weight excluding hydrogens is 254 g/mol. The van der Waals surface area contributed by atoms with Gasteiger partial charge in [-0.3, -0.25) is 4.79 Å². The molecule has 0 spiro atoms. The zero-order valence-electron chi connectivity index (χ0n) is 12.5. The molecule has 1 amide bonds. The molecule has 1 heterocycles. The van der Waals surface area contributed by atoms with E-state index < -0.39 is 0 Å². The Bertz CT molecular complexity index is 500. The number of aryl methyl sites for hydroxylation is 1. The molecule has 1 aliphatic rings. The first-order valence-corrected chi connectivity index (χ1v) is 7.03. The van der Waals surface area contributed by atoms with Crippen LogP contribution in [-0.2, 0) is 11.2 Å². The summed E-state index contributed by atoms with van der Waals surface area (Å²) >= 11 is 0. The molecule has 0 saturated heterocycles. The number of nitrogens with zero attached hydrogens (tertiary/aromatic N) is 2. The van der Waals surface area contributed by atoms with Crippen LogP contribution >= 0.6 is 0 Å². The Morgan fingerprint density at radius 3 is 2.85 bits per heavy atom. The normalized spacial score (nSPS) is 14.3. The van der Waals surface area contributed by atoms with Gasteiger partial charge in [-0.1, -0.05) is 0 Å². The number of fused-ring (bicyclic) bond motifs is 1. The molecule has 0 aromatic heterocycles. The Labute approximate surface area is 120 Å². The molecule has 2 N–H and O–H groups in total. The minimum Gasteiger partial charge on any atom is -0.492 e. The Balaban J connectivity index is 2.31. The molecule has 0 saturated carbocycles. The predicted molar refractivity (Wildman–Crippen MR) is 81.3 cm³/mol. The number of carbonyl (C=O) groups is 1. The van der Waals surface area contributed by atoms with Crippen LogP contribution in [-0.4, -0.2) is 44.6 Å². The smallest absolute Gasteiger partial charge is 0.241 e. The maximum absolute atomic E-state index is 12.3. The van der Waals surface area contributed by atoms with Crippen LogP contribution in [0.25, 0.3) is 0 Å². The predicted octanol–water partition coefficient (Wildman–Crippen LogP) is 1.51. The molecule has 20 heavy (non-hydrogen) atoms. The van der Waals surface area contributed by atoms with Gasteiger partial charge in [0.1, 0.15) is 5.75 Å². The second-order valence-corrected chi connectivity index (χ2v) is 5.34. The summed E-state index contributed by atoms with van der Waals surface area (Å²) in [5.41, 5.74) is 8.69. The number of nitrogen functional groups attached to an aromatic ring is 1. The Morgan fingerprint density at radius 1 is 1.45 bits per heavy atom. The molecule has 1 aromatic rings. The molecule has 0 aliphatic carbocycles. The van der Waals surface area contributed by atoms with E-state index in [2.05, 4.69) is 0 Å². The maximum Gasteiger partial charge on any atom is 0.241 e. The highest BCUT2D eigenvalue weighted by Gasteiger charge is 2.24. The summed E-state index contributed by atoms with van der Waals surface area (Å²) in [6.45, 7) is 3.69. The summed E-state index contributed by atoms with van der Waals surface area (Å²) in [4.78, 5) is 16.0. The van der Waals surface area contributed by atoms with E-state index in [0.717, 1.165) is 30.6 Å². The highest BCUT2D eigenvalue weighted by molar-refractivity contribution is 5.96. The van der Waals surface area contributed by atoms with Crippen molar-refractivity contribution in [3.8, 4) is 5.75 Å². The first-order valence-electron chi connectivity index (χ1n) is 7.03. The van der Waals surface area contributed by atoms with Crippen LogP contribution in [0.3, 0.4) is 0 Å². The fraction of sp³-hybridized carbons (Fsp3) is 0.533. The van der Waals surface area contributed by atoms with Crippen molar-refractivity contribution in [2.45, 2.75) is 19.8 Å². The van der Waals surface area contributed by atoms with E-state index >= 15 is 0 Å². The molecule has 5 heteroatoms. The van der Waals surface area contributed by atoms with Gasteiger partial charge in [-0.05, 0) is 51.6 Å². The van der Waals surface area contributed by atoms with Crippen molar-refractivity contribution >= 4 is 17.3 Å².